The molecule has 0 aromatic carbocycles. The third kappa shape index (κ3) is 15.4. The summed E-state index contributed by atoms with van der Waals surface area (Å²) in [6.45, 7) is 6.66. The van der Waals surface area contributed by atoms with E-state index >= 15 is 0 Å². The molecule has 0 heterocycles. The molecule has 2 N–H and O–H groups in total. The molecule has 0 radical (unpaired) electrons. The molecule has 0 aromatic heterocycles. The summed E-state index contributed by atoms with van der Waals surface area (Å²) in [4.78, 5) is 0. The average molecular weight is 287 g/mol. The van der Waals surface area contributed by atoms with Gasteiger partial charge in [0.2, 0.25) is 0 Å². The largest absolute Gasteiger partial charge is 0.379 e. The van der Waals surface area contributed by atoms with Gasteiger partial charge in [0.15, 0.2) is 0 Å². The van der Waals surface area contributed by atoms with Gasteiger partial charge in [0.1, 0.15) is 6.61 Å². The highest BCUT2D eigenvalue weighted by atomic mass is 16.6. The second-order valence-corrected chi connectivity index (χ2v) is 4.47. The Morgan fingerprint density at radius 2 is 1.70 bits per heavy atom. The van der Waals surface area contributed by atoms with E-state index in [0.29, 0.717) is 39.6 Å². The number of rotatable bonds is 15. The van der Waals surface area contributed by atoms with Gasteiger partial charge in [-0.25, -0.2) is 0 Å². The van der Waals surface area contributed by atoms with Crippen LogP contribution in [0.2, 0.25) is 0 Å². The van der Waals surface area contributed by atoms with Crippen molar-refractivity contribution in [2.75, 3.05) is 52.8 Å². The quantitative estimate of drug-likeness (QED) is 0.362. The number of hydrogen-bond acceptors (Lipinski definition) is 5. The Labute approximate surface area is 123 Å². The first-order valence-electron chi connectivity index (χ1n) is 7.29. The lowest BCUT2D eigenvalue weighted by molar-refractivity contribution is -0.0384. The zero-order valence-corrected chi connectivity index (χ0v) is 12.6. The lowest BCUT2D eigenvalue weighted by Crippen LogP contribution is -2.20. The third-order valence-electron chi connectivity index (χ3n) is 2.53. The molecule has 1 atom stereocenters. The Hall–Kier alpha value is -0.640. The minimum Gasteiger partial charge on any atom is -0.379 e. The van der Waals surface area contributed by atoms with Crippen molar-refractivity contribution in [1.29, 1.82) is 0 Å². The highest BCUT2D eigenvalue weighted by molar-refractivity contribution is 4.82. The predicted octanol–water partition coefficient (Wildman–Crippen LogP) is 1.20. The Kier molecular flexibility index (Phi) is 15.9. The molecule has 0 saturated heterocycles. The molecule has 0 aliphatic rings. The average Bonchev–Trinajstić information content (AvgIpc) is 2.45. The maximum absolute atomic E-state index is 5.55. The fourth-order valence-electron chi connectivity index (χ4n) is 1.48. The van der Waals surface area contributed by atoms with Gasteiger partial charge in [-0.15, -0.1) is 6.42 Å². The molecule has 0 aliphatic heterocycles. The van der Waals surface area contributed by atoms with E-state index in [1.54, 1.807) is 0 Å². The van der Waals surface area contributed by atoms with Crippen LogP contribution in [-0.2, 0) is 18.9 Å². The van der Waals surface area contributed by atoms with E-state index in [1.165, 1.54) is 0 Å². The summed E-state index contributed by atoms with van der Waals surface area (Å²) in [7, 11) is 0. The van der Waals surface area contributed by atoms with Crippen LogP contribution in [0.15, 0.2) is 0 Å². The first kappa shape index (κ1) is 19.4. The normalized spacial score (nSPS) is 12.2. The van der Waals surface area contributed by atoms with Gasteiger partial charge in [0.05, 0.1) is 39.1 Å². The van der Waals surface area contributed by atoms with Gasteiger partial charge in [-0.1, -0.05) is 5.92 Å². The topological polar surface area (TPSA) is 62.9 Å². The maximum atomic E-state index is 5.55. The summed E-state index contributed by atoms with van der Waals surface area (Å²) in [6, 6.07) is 0. The molecule has 5 nitrogen and oxygen atoms in total. The van der Waals surface area contributed by atoms with E-state index in [4.69, 9.17) is 31.1 Å². The van der Waals surface area contributed by atoms with Crippen LogP contribution < -0.4 is 5.73 Å². The first-order chi connectivity index (χ1) is 9.81. The number of ether oxygens (including phenoxy) is 4. The molecule has 0 saturated carbocycles. The number of hydrogen-bond donors (Lipinski definition) is 1. The summed E-state index contributed by atoms with van der Waals surface area (Å²) in [5, 5.41) is 0. The van der Waals surface area contributed by atoms with Crippen molar-refractivity contribution in [2.45, 2.75) is 32.3 Å². The fourth-order valence-corrected chi connectivity index (χ4v) is 1.48. The van der Waals surface area contributed by atoms with Crippen LogP contribution in [0.1, 0.15) is 26.2 Å². The van der Waals surface area contributed by atoms with Gasteiger partial charge in [-0.3, -0.25) is 0 Å². The summed E-state index contributed by atoms with van der Waals surface area (Å²) in [5.41, 5.74) is 5.41. The van der Waals surface area contributed by atoms with Crippen molar-refractivity contribution < 1.29 is 18.9 Å². The van der Waals surface area contributed by atoms with Crippen molar-refractivity contribution in [1.82, 2.24) is 0 Å². The van der Waals surface area contributed by atoms with Crippen LogP contribution >= 0.6 is 0 Å². The van der Waals surface area contributed by atoms with Crippen LogP contribution in [0.4, 0.5) is 0 Å². The van der Waals surface area contributed by atoms with Crippen LogP contribution in [0.3, 0.4) is 0 Å². The molecule has 0 fully saturated rings. The van der Waals surface area contributed by atoms with Gasteiger partial charge in [0.25, 0.3) is 0 Å². The maximum Gasteiger partial charge on any atom is 0.107 e. The van der Waals surface area contributed by atoms with Crippen LogP contribution in [0.5, 0.6) is 0 Å². The first-order valence-corrected chi connectivity index (χ1v) is 7.29. The smallest absolute Gasteiger partial charge is 0.107 e. The Balaban J connectivity index is 3.12. The summed E-state index contributed by atoms with van der Waals surface area (Å²) < 4.78 is 21.5. The van der Waals surface area contributed by atoms with Crippen molar-refractivity contribution >= 4 is 0 Å². The Bertz CT molecular complexity index is 230. The van der Waals surface area contributed by atoms with E-state index in [2.05, 4.69) is 5.92 Å². The van der Waals surface area contributed by atoms with Crippen molar-refractivity contribution in [3.8, 4) is 12.3 Å². The number of nitrogens with two attached hydrogens (primary N) is 1. The molecule has 20 heavy (non-hydrogen) atoms. The van der Waals surface area contributed by atoms with Gasteiger partial charge >= 0.3 is 0 Å². The lowest BCUT2D eigenvalue weighted by atomic mass is 10.2. The van der Waals surface area contributed by atoms with Crippen LogP contribution in [0.25, 0.3) is 0 Å². The molecule has 0 amide bonds. The van der Waals surface area contributed by atoms with Crippen LogP contribution in [-0.4, -0.2) is 58.9 Å². The SMILES string of the molecule is C#CCOCCOCC(C)OCCOCCCCCN. The summed E-state index contributed by atoms with van der Waals surface area (Å²) in [6.07, 6.45) is 8.37. The molecule has 0 aromatic rings. The summed E-state index contributed by atoms with van der Waals surface area (Å²) >= 11 is 0. The van der Waals surface area contributed by atoms with E-state index in [9.17, 15) is 0 Å². The summed E-state index contributed by atoms with van der Waals surface area (Å²) in [5.74, 6) is 2.40. The molecule has 1 unspecified atom stereocenters. The molecule has 0 spiro atoms. The van der Waals surface area contributed by atoms with Gasteiger partial charge < -0.3 is 24.7 Å². The van der Waals surface area contributed by atoms with Crippen molar-refractivity contribution in [3.63, 3.8) is 0 Å². The van der Waals surface area contributed by atoms with E-state index < -0.39 is 0 Å². The Morgan fingerprint density at radius 3 is 2.45 bits per heavy atom. The zero-order chi connectivity index (χ0) is 14.9. The van der Waals surface area contributed by atoms with Gasteiger partial charge in [-0.2, -0.15) is 0 Å². The second-order valence-electron chi connectivity index (χ2n) is 4.47. The van der Waals surface area contributed by atoms with Gasteiger partial charge in [0, 0.05) is 6.61 Å². The molecule has 0 rings (SSSR count). The standard InChI is InChI=1S/C15H29NO4/c1-3-8-17-10-11-19-14-15(2)20-13-12-18-9-6-4-5-7-16/h1,15H,4-14,16H2,2H3. The third-order valence-corrected chi connectivity index (χ3v) is 2.53. The van der Waals surface area contributed by atoms with Crippen molar-refractivity contribution in [3.05, 3.63) is 0 Å². The predicted molar refractivity (Wildman–Crippen MR) is 79.6 cm³/mol. The highest BCUT2D eigenvalue weighted by Crippen LogP contribution is 1.95. The zero-order valence-electron chi connectivity index (χ0n) is 12.6. The number of terminal acetylenes is 1. The lowest BCUT2D eigenvalue weighted by Gasteiger charge is -2.13. The van der Waals surface area contributed by atoms with E-state index in [1.807, 2.05) is 6.92 Å². The second kappa shape index (κ2) is 16.4. The van der Waals surface area contributed by atoms with E-state index in [0.717, 1.165) is 32.4 Å². The van der Waals surface area contributed by atoms with E-state index in [-0.39, 0.29) is 6.10 Å². The monoisotopic (exact) mass is 287 g/mol. The van der Waals surface area contributed by atoms with Crippen molar-refractivity contribution in [2.24, 2.45) is 5.73 Å². The molecule has 5 heteroatoms. The molecule has 0 bridgehead atoms. The molecular formula is C15H29NO4. The van der Waals surface area contributed by atoms with Gasteiger partial charge in [-0.05, 0) is 32.7 Å². The molecule has 118 valence electrons. The highest BCUT2D eigenvalue weighted by Gasteiger charge is 2.02. The van der Waals surface area contributed by atoms with Crippen LogP contribution in [0, 0.1) is 12.3 Å². The molecular weight excluding hydrogens is 258 g/mol. The molecule has 0 aliphatic carbocycles. The minimum atomic E-state index is 0.0588. The fraction of sp³-hybridized carbons (Fsp3) is 0.867. The Morgan fingerprint density at radius 1 is 0.950 bits per heavy atom. The number of unbranched alkanes of at least 4 members (excludes halogenated alkanes) is 2. The minimum absolute atomic E-state index is 0.0588.